The summed E-state index contributed by atoms with van der Waals surface area (Å²) in [6, 6.07) is 6.48. The zero-order valence-corrected chi connectivity index (χ0v) is 12.9. The van der Waals surface area contributed by atoms with Crippen LogP contribution in [0.4, 0.5) is 4.79 Å². The summed E-state index contributed by atoms with van der Waals surface area (Å²) >= 11 is 0. The first-order valence-corrected chi connectivity index (χ1v) is 7.03. The third-order valence-electron chi connectivity index (χ3n) is 4.92. The van der Waals surface area contributed by atoms with Crippen molar-refractivity contribution in [2.75, 3.05) is 0 Å². The third-order valence-corrected chi connectivity index (χ3v) is 4.92. The monoisotopic (exact) mass is 290 g/mol. The van der Waals surface area contributed by atoms with Crippen LogP contribution in [0, 0.1) is 10.8 Å². The van der Waals surface area contributed by atoms with Crippen LogP contribution in [0.5, 0.6) is 0 Å². The van der Waals surface area contributed by atoms with Gasteiger partial charge in [0.05, 0.1) is 5.56 Å². The Morgan fingerprint density at radius 1 is 1.19 bits per heavy atom. The molecule has 0 radical (unpaired) electrons. The van der Waals surface area contributed by atoms with E-state index in [-0.39, 0.29) is 28.5 Å². The molecule has 1 aromatic rings. The van der Waals surface area contributed by atoms with Gasteiger partial charge in [-0.3, -0.25) is 0 Å². The van der Waals surface area contributed by atoms with Gasteiger partial charge in [0.1, 0.15) is 0 Å². The van der Waals surface area contributed by atoms with Gasteiger partial charge in [0, 0.05) is 12.6 Å². The summed E-state index contributed by atoms with van der Waals surface area (Å²) in [7, 11) is 0. The number of hydrogen-bond acceptors (Lipinski definition) is 2. The van der Waals surface area contributed by atoms with Crippen LogP contribution in [-0.4, -0.2) is 23.1 Å². The van der Waals surface area contributed by atoms with E-state index in [0.29, 0.717) is 6.54 Å². The van der Waals surface area contributed by atoms with E-state index < -0.39 is 5.97 Å². The van der Waals surface area contributed by atoms with Crippen molar-refractivity contribution in [1.29, 1.82) is 0 Å². The maximum Gasteiger partial charge on any atom is 0.335 e. The summed E-state index contributed by atoms with van der Waals surface area (Å²) in [5.74, 6) is -0.970. The normalized spacial score (nSPS) is 18.9. The lowest BCUT2D eigenvalue weighted by atomic mass is 10.0. The molecule has 1 fully saturated rings. The van der Waals surface area contributed by atoms with Gasteiger partial charge in [-0.25, -0.2) is 9.59 Å². The molecule has 2 amide bonds. The molecule has 1 aliphatic carbocycles. The van der Waals surface area contributed by atoms with E-state index in [1.165, 1.54) is 6.07 Å². The van der Waals surface area contributed by atoms with Gasteiger partial charge in [0.2, 0.25) is 0 Å². The van der Waals surface area contributed by atoms with Crippen LogP contribution in [-0.2, 0) is 6.54 Å². The van der Waals surface area contributed by atoms with Gasteiger partial charge in [-0.15, -0.1) is 0 Å². The Morgan fingerprint density at radius 3 is 2.33 bits per heavy atom. The minimum absolute atomic E-state index is 0.0908. The number of benzene rings is 1. The van der Waals surface area contributed by atoms with Gasteiger partial charge >= 0.3 is 12.0 Å². The summed E-state index contributed by atoms with van der Waals surface area (Å²) in [6.45, 7) is 8.84. The predicted molar refractivity (Wildman–Crippen MR) is 80.1 cm³/mol. The summed E-state index contributed by atoms with van der Waals surface area (Å²) in [5, 5.41) is 14.7. The minimum atomic E-state index is -0.970. The van der Waals surface area contributed by atoms with E-state index >= 15 is 0 Å². The Morgan fingerprint density at radius 2 is 1.81 bits per heavy atom. The first-order chi connectivity index (χ1) is 9.66. The molecule has 1 aliphatic rings. The molecule has 1 saturated carbocycles. The highest BCUT2D eigenvalue weighted by atomic mass is 16.4. The average molecular weight is 290 g/mol. The lowest BCUT2D eigenvalue weighted by molar-refractivity contribution is 0.0696. The van der Waals surface area contributed by atoms with Gasteiger partial charge in [-0.2, -0.15) is 0 Å². The van der Waals surface area contributed by atoms with E-state index in [0.717, 1.165) is 5.56 Å². The molecular weight excluding hydrogens is 268 g/mol. The molecule has 5 nitrogen and oxygen atoms in total. The minimum Gasteiger partial charge on any atom is -0.478 e. The zero-order valence-electron chi connectivity index (χ0n) is 12.9. The van der Waals surface area contributed by atoms with Crippen LogP contribution in [0.1, 0.15) is 43.6 Å². The van der Waals surface area contributed by atoms with Gasteiger partial charge in [0.15, 0.2) is 0 Å². The topological polar surface area (TPSA) is 78.4 Å². The quantitative estimate of drug-likeness (QED) is 0.797. The fourth-order valence-electron chi connectivity index (χ4n) is 2.74. The van der Waals surface area contributed by atoms with Crippen molar-refractivity contribution >= 4 is 12.0 Å². The summed E-state index contributed by atoms with van der Waals surface area (Å²) in [4.78, 5) is 22.8. The van der Waals surface area contributed by atoms with Crippen LogP contribution in [0.2, 0.25) is 0 Å². The summed E-state index contributed by atoms with van der Waals surface area (Å²) in [6.07, 6.45) is 0. The Balaban J connectivity index is 1.88. The fraction of sp³-hybridized carbons (Fsp3) is 0.500. The molecule has 1 aromatic carbocycles. The van der Waals surface area contributed by atoms with Gasteiger partial charge < -0.3 is 15.7 Å². The molecule has 0 saturated heterocycles. The highest BCUT2D eigenvalue weighted by molar-refractivity contribution is 5.87. The number of rotatable bonds is 4. The highest BCUT2D eigenvalue weighted by Gasteiger charge is 2.65. The molecule has 114 valence electrons. The molecule has 5 heteroatoms. The number of nitrogens with one attached hydrogen (secondary N) is 2. The average Bonchev–Trinajstić information content (AvgIpc) is 2.79. The van der Waals surface area contributed by atoms with E-state index in [2.05, 4.69) is 38.3 Å². The number of amides is 2. The largest absolute Gasteiger partial charge is 0.478 e. The number of carbonyl (C=O) groups is 2. The van der Waals surface area contributed by atoms with Gasteiger partial charge in [-0.1, -0.05) is 39.8 Å². The maximum atomic E-state index is 11.9. The summed E-state index contributed by atoms with van der Waals surface area (Å²) in [5.41, 5.74) is 1.17. The first kappa shape index (κ1) is 15.4. The molecule has 21 heavy (non-hydrogen) atoms. The lowest BCUT2D eigenvalue weighted by Gasteiger charge is -2.09. The van der Waals surface area contributed by atoms with Crippen LogP contribution in [0.25, 0.3) is 0 Å². The molecule has 2 rings (SSSR count). The Labute approximate surface area is 124 Å². The van der Waals surface area contributed by atoms with E-state index in [1.807, 2.05) is 0 Å². The molecule has 0 atom stereocenters. The Bertz CT molecular complexity index is 565. The standard InChI is InChI=1S/C16H22N2O3/c1-15(2)13(16(15,3)4)18-14(21)17-9-10-6-5-7-11(8-10)12(19)20/h5-8,13H,9H2,1-4H3,(H,19,20)(H2,17,18,21). The second-order valence-electron chi connectivity index (χ2n) is 6.71. The second kappa shape index (κ2) is 5.06. The maximum absolute atomic E-state index is 11.9. The predicted octanol–water partition coefficient (Wildman–Crippen LogP) is 2.62. The SMILES string of the molecule is CC1(C)C(NC(=O)NCc2cccc(C(=O)O)c2)C1(C)C. The Kier molecular flexibility index (Phi) is 3.70. The van der Waals surface area contributed by atoms with Crippen LogP contribution in [0.3, 0.4) is 0 Å². The zero-order chi connectivity index (χ0) is 15.8. The number of hydrogen-bond donors (Lipinski definition) is 3. The molecule has 3 N–H and O–H groups in total. The number of carbonyl (C=O) groups excluding carboxylic acids is 1. The van der Waals surface area contributed by atoms with E-state index in [9.17, 15) is 9.59 Å². The van der Waals surface area contributed by atoms with Crippen molar-refractivity contribution in [2.24, 2.45) is 10.8 Å². The number of carboxylic acids is 1. The number of carboxylic acid groups (broad SMARTS) is 1. The van der Waals surface area contributed by atoms with E-state index in [4.69, 9.17) is 5.11 Å². The van der Waals surface area contributed by atoms with Crippen molar-refractivity contribution in [3.63, 3.8) is 0 Å². The van der Waals surface area contributed by atoms with Crippen LogP contribution >= 0.6 is 0 Å². The van der Waals surface area contributed by atoms with Crippen molar-refractivity contribution < 1.29 is 14.7 Å². The molecule has 0 spiro atoms. The van der Waals surface area contributed by atoms with Crippen molar-refractivity contribution in [1.82, 2.24) is 10.6 Å². The first-order valence-electron chi connectivity index (χ1n) is 7.03. The molecular formula is C16H22N2O3. The molecule has 0 bridgehead atoms. The van der Waals surface area contributed by atoms with Gasteiger partial charge in [-0.05, 0) is 28.5 Å². The second-order valence-corrected chi connectivity index (χ2v) is 6.71. The third kappa shape index (κ3) is 2.86. The Hall–Kier alpha value is -2.04. The van der Waals surface area contributed by atoms with Crippen molar-refractivity contribution in [3.05, 3.63) is 35.4 Å². The molecule has 0 unspecified atom stereocenters. The lowest BCUT2D eigenvalue weighted by Crippen LogP contribution is -2.38. The smallest absolute Gasteiger partial charge is 0.335 e. The molecule has 0 aromatic heterocycles. The summed E-state index contributed by atoms with van der Waals surface area (Å²) < 4.78 is 0. The van der Waals surface area contributed by atoms with Crippen LogP contribution in [0.15, 0.2) is 24.3 Å². The highest BCUT2D eigenvalue weighted by Crippen LogP contribution is 2.62. The fourth-order valence-corrected chi connectivity index (χ4v) is 2.74. The van der Waals surface area contributed by atoms with Crippen LogP contribution < -0.4 is 10.6 Å². The number of aromatic carboxylic acids is 1. The van der Waals surface area contributed by atoms with Gasteiger partial charge in [0.25, 0.3) is 0 Å². The van der Waals surface area contributed by atoms with E-state index in [1.54, 1.807) is 18.2 Å². The molecule has 0 heterocycles. The number of urea groups is 1. The van der Waals surface area contributed by atoms with Crippen molar-refractivity contribution in [3.8, 4) is 0 Å². The van der Waals surface area contributed by atoms with Crippen molar-refractivity contribution in [2.45, 2.75) is 40.3 Å². The molecule has 0 aliphatic heterocycles.